The van der Waals surface area contributed by atoms with Crippen molar-refractivity contribution in [3.8, 4) is 0 Å². The Morgan fingerprint density at radius 1 is 0.737 bits per heavy atom. The Bertz CT molecular complexity index is 745. The quantitative estimate of drug-likeness (QED) is 0.504. The van der Waals surface area contributed by atoms with Gasteiger partial charge in [0.1, 0.15) is 0 Å². The van der Waals surface area contributed by atoms with Crippen molar-refractivity contribution in [3.63, 3.8) is 0 Å². The second kappa shape index (κ2) is 5.38. The minimum atomic E-state index is -3.67. The summed E-state index contributed by atoms with van der Waals surface area (Å²) in [4.78, 5) is 0. The predicted octanol–water partition coefficient (Wildman–Crippen LogP) is 3.50. The molecule has 3 rings (SSSR count). The number of fused-ring (bicyclic) bond motifs is 3. The molecule has 0 heterocycles. The van der Waals surface area contributed by atoms with E-state index in [9.17, 15) is 8.42 Å². The van der Waals surface area contributed by atoms with Crippen molar-refractivity contribution < 1.29 is 13.0 Å². The van der Waals surface area contributed by atoms with E-state index in [1.54, 1.807) is 0 Å². The minimum absolute atomic E-state index is 0.715. The van der Waals surface area contributed by atoms with Crippen LogP contribution in [0.2, 0.25) is 0 Å². The van der Waals surface area contributed by atoms with Gasteiger partial charge in [-0.05, 0) is 21.5 Å². The van der Waals surface area contributed by atoms with Crippen LogP contribution in [0.15, 0.2) is 60.7 Å². The zero-order valence-electron chi connectivity index (χ0n) is 10.4. The smallest absolute Gasteiger partial charge is 0.261 e. The SMILES string of the molecule is CS(=O)(=O)O.c1ccc2c(c1)ccc1ccccc12. The van der Waals surface area contributed by atoms with E-state index in [1.165, 1.54) is 21.5 Å². The van der Waals surface area contributed by atoms with E-state index in [-0.39, 0.29) is 0 Å². The van der Waals surface area contributed by atoms with Crippen LogP contribution < -0.4 is 0 Å². The fourth-order valence-electron chi connectivity index (χ4n) is 1.95. The third-order valence-corrected chi connectivity index (χ3v) is 2.65. The second-order valence-corrected chi connectivity index (χ2v) is 5.71. The Kier molecular flexibility index (Phi) is 3.83. The highest BCUT2D eigenvalue weighted by Gasteiger charge is 1.97. The molecule has 0 aliphatic rings. The zero-order chi connectivity index (χ0) is 13.9. The number of hydrogen-bond acceptors (Lipinski definition) is 2. The third kappa shape index (κ3) is 3.77. The Hall–Kier alpha value is -1.91. The Morgan fingerprint density at radius 2 is 1.05 bits per heavy atom. The first-order valence-electron chi connectivity index (χ1n) is 5.74. The summed E-state index contributed by atoms with van der Waals surface area (Å²) in [6, 6.07) is 21.4. The van der Waals surface area contributed by atoms with Crippen molar-refractivity contribution >= 4 is 31.7 Å². The largest absolute Gasteiger partial charge is 0.286 e. The second-order valence-electron chi connectivity index (χ2n) is 4.24. The van der Waals surface area contributed by atoms with Gasteiger partial charge >= 0.3 is 0 Å². The molecule has 98 valence electrons. The fraction of sp³-hybridized carbons (Fsp3) is 0.0667. The Morgan fingerprint density at radius 3 is 1.42 bits per heavy atom. The van der Waals surface area contributed by atoms with Crippen LogP contribution in [0.4, 0.5) is 0 Å². The standard InChI is InChI=1S/C14H10.CH4O3S/c1-3-7-13-11(5-1)9-10-12-6-2-4-8-14(12)13;1-5(2,3)4/h1-10H;1H3,(H,2,3,4). The first-order valence-corrected chi connectivity index (χ1v) is 7.59. The van der Waals surface area contributed by atoms with E-state index in [0.717, 1.165) is 0 Å². The fourth-order valence-corrected chi connectivity index (χ4v) is 1.95. The van der Waals surface area contributed by atoms with E-state index in [4.69, 9.17) is 4.55 Å². The van der Waals surface area contributed by atoms with Crippen LogP contribution in [0.25, 0.3) is 21.5 Å². The van der Waals surface area contributed by atoms with E-state index in [1.807, 2.05) is 0 Å². The molecule has 0 bridgehead atoms. The molecule has 0 unspecified atom stereocenters. The third-order valence-electron chi connectivity index (χ3n) is 2.65. The molecule has 0 saturated heterocycles. The molecule has 0 saturated carbocycles. The Labute approximate surface area is 112 Å². The van der Waals surface area contributed by atoms with Crippen molar-refractivity contribution in [2.24, 2.45) is 0 Å². The molecule has 4 heteroatoms. The molecule has 3 aromatic carbocycles. The molecule has 19 heavy (non-hydrogen) atoms. The van der Waals surface area contributed by atoms with E-state index >= 15 is 0 Å². The van der Waals surface area contributed by atoms with Crippen LogP contribution >= 0.6 is 0 Å². The predicted molar refractivity (Wildman–Crippen MR) is 78.9 cm³/mol. The molecule has 0 atom stereocenters. The maximum Gasteiger partial charge on any atom is 0.261 e. The van der Waals surface area contributed by atoms with Crippen LogP contribution in [-0.4, -0.2) is 19.2 Å². The van der Waals surface area contributed by atoms with Gasteiger partial charge in [0, 0.05) is 0 Å². The molecular weight excluding hydrogens is 260 g/mol. The van der Waals surface area contributed by atoms with Crippen LogP contribution in [0.1, 0.15) is 0 Å². The highest BCUT2D eigenvalue weighted by atomic mass is 32.2. The van der Waals surface area contributed by atoms with Gasteiger partial charge in [0.2, 0.25) is 0 Å². The van der Waals surface area contributed by atoms with Crippen LogP contribution in [0.5, 0.6) is 0 Å². The molecule has 1 N–H and O–H groups in total. The molecule has 0 radical (unpaired) electrons. The maximum absolute atomic E-state index is 9.19. The van der Waals surface area contributed by atoms with E-state index in [0.29, 0.717) is 6.26 Å². The lowest BCUT2D eigenvalue weighted by molar-refractivity contribution is 0.490. The van der Waals surface area contributed by atoms with Gasteiger partial charge in [0.25, 0.3) is 10.1 Å². The summed E-state index contributed by atoms with van der Waals surface area (Å²) in [6.45, 7) is 0. The summed E-state index contributed by atoms with van der Waals surface area (Å²) in [5.74, 6) is 0. The summed E-state index contributed by atoms with van der Waals surface area (Å²) in [5.41, 5.74) is 0. The van der Waals surface area contributed by atoms with Crippen molar-refractivity contribution in [1.82, 2.24) is 0 Å². The molecule has 0 fully saturated rings. The summed E-state index contributed by atoms with van der Waals surface area (Å²) < 4.78 is 25.9. The van der Waals surface area contributed by atoms with Crippen molar-refractivity contribution in [2.75, 3.05) is 6.26 Å². The highest BCUT2D eigenvalue weighted by molar-refractivity contribution is 7.85. The Balaban J connectivity index is 0.000000232. The van der Waals surface area contributed by atoms with Crippen molar-refractivity contribution in [1.29, 1.82) is 0 Å². The molecule has 0 aliphatic carbocycles. The van der Waals surface area contributed by atoms with Crippen LogP contribution in [0, 0.1) is 0 Å². The van der Waals surface area contributed by atoms with Gasteiger partial charge in [-0.2, -0.15) is 8.42 Å². The first-order chi connectivity index (χ1) is 8.95. The van der Waals surface area contributed by atoms with Gasteiger partial charge in [-0.25, -0.2) is 0 Å². The molecular formula is C15H14O3S. The topological polar surface area (TPSA) is 54.4 Å². The lowest BCUT2D eigenvalue weighted by atomic mass is 10.0. The lowest BCUT2D eigenvalue weighted by Crippen LogP contribution is -1.88. The van der Waals surface area contributed by atoms with Gasteiger partial charge in [0.05, 0.1) is 6.26 Å². The minimum Gasteiger partial charge on any atom is -0.286 e. The normalized spacial score (nSPS) is 11.1. The first kappa shape index (κ1) is 13.5. The number of benzene rings is 3. The monoisotopic (exact) mass is 274 g/mol. The molecule has 0 aromatic heterocycles. The average molecular weight is 274 g/mol. The molecule has 3 aromatic rings. The molecule has 0 spiro atoms. The lowest BCUT2D eigenvalue weighted by Gasteiger charge is -2.02. The summed E-state index contributed by atoms with van der Waals surface area (Å²) >= 11 is 0. The summed E-state index contributed by atoms with van der Waals surface area (Å²) in [7, 11) is -3.67. The average Bonchev–Trinajstić information content (AvgIpc) is 2.37. The van der Waals surface area contributed by atoms with Gasteiger partial charge in [-0.15, -0.1) is 0 Å². The van der Waals surface area contributed by atoms with Crippen LogP contribution in [0.3, 0.4) is 0 Å². The number of hydrogen-bond donors (Lipinski definition) is 1. The number of rotatable bonds is 0. The van der Waals surface area contributed by atoms with Crippen molar-refractivity contribution in [3.05, 3.63) is 60.7 Å². The molecule has 0 aliphatic heterocycles. The maximum atomic E-state index is 9.19. The zero-order valence-corrected chi connectivity index (χ0v) is 11.3. The van der Waals surface area contributed by atoms with Gasteiger partial charge in [0.15, 0.2) is 0 Å². The molecule has 3 nitrogen and oxygen atoms in total. The van der Waals surface area contributed by atoms with Gasteiger partial charge in [-0.3, -0.25) is 4.55 Å². The van der Waals surface area contributed by atoms with Gasteiger partial charge < -0.3 is 0 Å². The highest BCUT2D eigenvalue weighted by Crippen LogP contribution is 2.24. The van der Waals surface area contributed by atoms with Crippen molar-refractivity contribution in [2.45, 2.75) is 0 Å². The van der Waals surface area contributed by atoms with Crippen LogP contribution in [-0.2, 0) is 10.1 Å². The van der Waals surface area contributed by atoms with Gasteiger partial charge in [-0.1, -0.05) is 60.7 Å². The summed E-state index contributed by atoms with van der Waals surface area (Å²) in [5, 5.41) is 5.30. The van der Waals surface area contributed by atoms with E-state index in [2.05, 4.69) is 60.7 Å². The molecule has 0 amide bonds. The van der Waals surface area contributed by atoms with E-state index < -0.39 is 10.1 Å². The summed E-state index contributed by atoms with van der Waals surface area (Å²) in [6.07, 6.45) is 0.715.